The summed E-state index contributed by atoms with van der Waals surface area (Å²) in [5.74, 6) is -0.884. The summed E-state index contributed by atoms with van der Waals surface area (Å²) < 4.78 is 1.12. The Morgan fingerprint density at radius 3 is 2.44 bits per heavy atom. The van der Waals surface area contributed by atoms with Gasteiger partial charge in [0.25, 0.3) is 0 Å². The Labute approximate surface area is 112 Å². The fraction of sp³-hybridized carbons (Fsp3) is 0.308. The van der Waals surface area contributed by atoms with Crippen LogP contribution in [0.5, 0.6) is 0 Å². The molecule has 1 rings (SSSR count). The zero-order chi connectivity index (χ0) is 13.4. The van der Waals surface area contributed by atoms with Gasteiger partial charge in [-0.2, -0.15) is 20.2 Å². The predicted molar refractivity (Wildman–Crippen MR) is 72.0 cm³/mol. The normalized spacial score (nSPS) is 10.3. The largest absolute Gasteiger partial charge is 0.196 e. The van der Waals surface area contributed by atoms with Gasteiger partial charge in [0.05, 0.1) is 24.0 Å². The first-order valence-corrected chi connectivity index (χ1v) is 5.93. The first-order valence-electron chi connectivity index (χ1n) is 5.59. The molecule has 0 aliphatic heterocycles. The lowest BCUT2D eigenvalue weighted by atomic mass is 10.1. The van der Waals surface area contributed by atoms with Crippen molar-refractivity contribution in [2.75, 3.05) is 4.53 Å². The quantitative estimate of drug-likeness (QED) is 0.464. The predicted octanol–water partition coefficient (Wildman–Crippen LogP) is 3.25. The van der Waals surface area contributed by atoms with Crippen LogP contribution >= 0.6 is 11.8 Å². The van der Waals surface area contributed by atoms with Crippen molar-refractivity contribution in [2.24, 2.45) is 11.0 Å². The Kier molecular flexibility index (Phi) is 5.70. The number of aryl methyl sites for hydroxylation is 1. The Morgan fingerprint density at radius 2 is 1.94 bits per heavy atom. The molecule has 0 aromatic heterocycles. The van der Waals surface area contributed by atoms with Crippen molar-refractivity contribution in [3.05, 3.63) is 29.8 Å². The van der Waals surface area contributed by atoms with Gasteiger partial charge >= 0.3 is 0 Å². The molecule has 0 N–H and O–H groups in total. The van der Waals surface area contributed by atoms with Crippen LogP contribution in [0.25, 0.3) is 0 Å². The first kappa shape index (κ1) is 14.0. The van der Waals surface area contributed by atoms with Crippen LogP contribution in [0, 0.1) is 28.6 Å². The number of nitrogens with zero attached hydrogens (tertiary/aromatic N) is 4. The molecule has 0 bridgehead atoms. The fourth-order valence-corrected chi connectivity index (χ4v) is 1.52. The van der Waals surface area contributed by atoms with Gasteiger partial charge in [-0.05, 0) is 24.1 Å². The van der Waals surface area contributed by atoms with Gasteiger partial charge in [0.1, 0.15) is 0 Å². The van der Waals surface area contributed by atoms with E-state index in [-0.39, 0.29) is 0 Å². The molecule has 18 heavy (non-hydrogen) atoms. The molecule has 1 aromatic rings. The number of hydrogen-bond donors (Lipinski definition) is 0. The monoisotopic (exact) mass is 260 g/mol. The topological polar surface area (TPSA) is 63.2 Å². The van der Waals surface area contributed by atoms with Gasteiger partial charge < -0.3 is 0 Å². The van der Waals surface area contributed by atoms with Crippen molar-refractivity contribution < 1.29 is 0 Å². The van der Waals surface area contributed by atoms with Crippen molar-refractivity contribution in [3.63, 3.8) is 0 Å². The number of nitriles is 2. The molecule has 0 unspecified atom stereocenters. The number of rotatable bonds is 5. The summed E-state index contributed by atoms with van der Waals surface area (Å²) in [6.07, 6.45) is 3.33. The molecular weight excluding hydrogens is 248 g/mol. The number of anilines is 1. The molecule has 0 heterocycles. The third-order valence-electron chi connectivity index (χ3n) is 2.28. The van der Waals surface area contributed by atoms with E-state index in [0.29, 0.717) is 5.69 Å². The average Bonchev–Trinajstić information content (AvgIpc) is 2.41. The standard InChI is InChI=1S/C13H13ClN4/c1-2-3-11-4-6-13(7-5-11)18(14)17-10-12(8-15)9-16/h4-7,10,12H,2-3H2,1H3. The average molecular weight is 261 g/mol. The number of benzene rings is 1. The molecule has 0 amide bonds. The van der Waals surface area contributed by atoms with Crippen molar-refractivity contribution in [3.8, 4) is 12.1 Å². The molecule has 4 nitrogen and oxygen atoms in total. The highest BCUT2D eigenvalue weighted by molar-refractivity contribution is 6.25. The minimum absolute atomic E-state index is 0.697. The van der Waals surface area contributed by atoms with Crippen LogP contribution < -0.4 is 4.53 Å². The summed E-state index contributed by atoms with van der Waals surface area (Å²) in [4.78, 5) is 0. The molecule has 0 spiro atoms. The number of halogens is 1. The van der Waals surface area contributed by atoms with Crippen LogP contribution in [0.1, 0.15) is 18.9 Å². The Morgan fingerprint density at radius 1 is 1.33 bits per heavy atom. The highest BCUT2D eigenvalue weighted by Gasteiger charge is 2.04. The van der Waals surface area contributed by atoms with E-state index in [2.05, 4.69) is 12.0 Å². The zero-order valence-corrected chi connectivity index (χ0v) is 10.8. The highest BCUT2D eigenvalue weighted by Crippen LogP contribution is 2.18. The van der Waals surface area contributed by atoms with Crippen molar-refractivity contribution in [1.29, 1.82) is 10.5 Å². The van der Waals surface area contributed by atoms with E-state index in [1.807, 2.05) is 24.3 Å². The van der Waals surface area contributed by atoms with Gasteiger partial charge in [-0.15, -0.1) is 0 Å². The van der Waals surface area contributed by atoms with Crippen LogP contribution in [0.4, 0.5) is 5.69 Å². The van der Waals surface area contributed by atoms with Crippen LogP contribution in [-0.2, 0) is 6.42 Å². The third kappa shape index (κ3) is 4.08. The lowest BCUT2D eigenvalue weighted by Gasteiger charge is -2.09. The maximum absolute atomic E-state index is 8.58. The molecular formula is C13H13ClN4. The third-order valence-corrected chi connectivity index (χ3v) is 2.57. The molecule has 1 aromatic carbocycles. The second-order valence-corrected chi connectivity index (χ2v) is 4.00. The van der Waals surface area contributed by atoms with Gasteiger partial charge in [-0.1, -0.05) is 25.5 Å². The molecule has 0 fully saturated rings. The van der Waals surface area contributed by atoms with Gasteiger partial charge in [0.15, 0.2) is 5.92 Å². The second-order valence-electron chi connectivity index (χ2n) is 3.68. The van der Waals surface area contributed by atoms with E-state index < -0.39 is 5.92 Å². The fourth-order valence-electron chi connectivity index (χ4n) is 1.36. The Hall–Kier alpha value is -2.04. The molecule has 0 saturated heterocycles. The Bertz CT molecular complexity index is 467. The molecule has 5 heteroatoms. The van der Waals surface area contributed by atoms with Crippen LogP contribution in [-0.4, -0.2) is 6.21 Å². The lowest BCUT2D eigenvalue weighted by molar-refractivity contribution is 0.921. The molecule has 0 aliphatic carbocycles. The summed E-state index contributed by atoms with van der Waals surface area (Å²) in [6.45, 7) is 2.12. The molecule has 92 valence electrons. The van der Waals surface area contributed by atoms with Crippen molar-refractivity contribution >= 4 is 23.7 Å². The maximum atomic E-state index is 8.58. The molecule has 0 aliphatic rings. The van der Waals surface area contributed by atoms with Crippen molar-refractivity contribution in [1.82, 2.24) is 0 Å². The highest BCUT2D eigenvalue weighted by atomic mass is 35.5. The van der Waals surface area contributed by atoms with Crippen molar-refractivity contribution in [2.45, 2.75) is 19.8 Å². The summed E-state index contributed by atoms with van der Waals surface area (Å²) in [5, 5.41) is 21.0. The molecule has 0 saturated carbocycles. The first-order chi connectivity index (χ1) is 8.71. The zero-order valence-electron chi connectivity index (χ0n) is 10.0. The van der Waals surface area contributed by atoms with E-state index in [1.165, 1.54) is 11.8 Å². The maximum Gasteiger partial charge on any atom is 0.170 e. The van der Waals surface area contributed by atoms with E-state index in [4.69, 9.17) is 22.3 Å². The SMILES string of the molecule is CCCc1ccc(N(Cl)N=CC(C#N)C#N)cc1. The summed E-state index contributed by atoms with van der Waals surface area (Å²) in [5.41, 5.74) is 1.93. The van der Waals surface area contributed by atoms with Gasteiger partial charge in [-0.3, -0.25) is 0 Å². The van der Waals surface area contributed by atoms with E-state index >= 15 is 0 Å². The summed E-state index contributed by atoms with van der Waals surface area (Å²) >= 11 is 5.91. The van der Waals surface area contributed by atoms with Gasteiger partial charge in [-0.25, -0.2) is 0 Å². The number of hydrogen-bond acceptors (Lipinski definition) is 4. The molecule has 0 radical (unpaired) electrons. The van der Waals surface area contributed by atoms with Crippen LogP contribution in [0.2, 0.25) is 0 Å². The van der Waals surface area contributed by atoms with E-state index in [9.17, 15) is 0 Å². The summed E-state index contributed by atoms with van der Waals surface area (Å²) in [6, 6.07) is 11.2. The van der Waals surface area contributed by atoms with Gasteiger partial charge in [0, 0.05) is 11.8 Å². The smallest absolute Gasteiger partial charge is 0.170 e. The lowest BCUT2D eigenvalue weighted by Crippen LogP contribution is -2.04. The second kappa shape index (κ2) is 7.32. The molecule has 0 atom stereocenters. The minimum atomic E-state index is -0.884. The van der Waals surface area contributed by atoms with Crippen LogP contribution in [0.3, 0.4) is 0 Å². The Balaban J connectivity index is 2.70. The summed E-state index contributed by atoms with van der Waals surface area (Å²) in [7, 11) is 0. The minimum Gasteiger partial charge on any atom is -0.196 e. The van der Waals surface area contributed by atoms with E-state index in [1.54, 1.807) is 12.1 Å². The number of hydrazone groups is 1. The van der Waals surface area contributed by atoms with Gasteiger partial charge in [0.2, 0.25) is 0 Å². The van der Waals surface area contributed by atoms with E-state index in [0.717, 1.165) is 17.4 Å². The van der Waals surface area contributed by atoms with Crippen LogP contribution in [0.15, 0.2) is 29.4 Å².